The topological polar surface area (TPSA) is 70.6 Å². The minimum absolute atomic E-state index is 0. The summed E-state index contributed by atoms with van der Waals surface area (Å²) in [5, 5.41) is 8.43. The smallest absolute Gasteiger partial charge is 0.191 e. The Labute approximate surface area is 170 Å². The lowest BCUT2D eigenvalue weighted by Gasteiger charge is -2.11. The fourth-order valence-corrected chi connectivity index (χ4v) is 3.97. The number of nitrogens with one attached hydrogen (secondary N) is 2. The quantitative estimate of drug-likeness (QED) is 0.337. The van der Waals surface area contributed by atoms with Crippen LogP contribution in [0.2, 0.25) is 0 Å². The lowest BCUT2D eigenvalue weighted by atomic mass is 10.3. The summed E-state index contributed by atoms with van der Waals surface area (Å²) in [4.78, 5) is 6.02. The van der Waals surface area contributed by atoms with Crippen LogP contribution in [-0.4, -0.2) is 39.8 Å². The minimum atomic E-state index is -3.29. The summed E-state index contributed by atoms with van der Waals surface area (Å²) >= 11 is 1.73. The predicted molar refractivity (Wildman–Crippen MR) is 116 cm³/mol. The molecule has 8 heteroatoms. The van der Waals surface area contributed by atoms with Crippen LogP contribution >= 0.6 is 35.3 Å². The van der Waals surface area contributed by atoms with Crippen molar-refractivity contribution in [1.29, 1.82) is 0 Å². The van der Waals surface area contributed by atoms with Gasteiger partial charge in [0.05, 0.1) is 17.2 Å². The minimum Gasteiger partial charge on any atom is -0.357 e. The van der Waals surface area contributed by atoms with Crippen LogP contribution in [-0.2, 0) is 16.3 Å². The number of nitrogens with zero attached hydrogens (tertiary/aromatic N) is 1. The summed E-state index contributed by atoms with van der Waals surface area (Å²) in [5.74, 6) is 0.649. The van der Waals surface area contributed by atoms with Gasteiger partial charge in [-0.3, -0.25) is 4.99 Å². The van der Waals surface area contributed by atoms with Crippen molar-refractivity contribution >= 4 is 51.1 Å². The molecule has 2 rings (SSSR count). The number of benzene rings is 1. The zero-order valence-corrected chi connectivity index (χ0v) is 18.1. The predicted octanol–water partition coefficient (Wildman–Crippen LogP) is 2.94. The molecule has 5 nitrogen and oxygen atoms in total. The van der Waals surface area contributed by atoms with Crippen molar-refractivity contribution in [2.45, 2.75) is 18.2 Å². The maximum Gasteiger partial charge on any atom is 0.191 e. The van der Waals surface area contributed by atoms with Crippen LogP contribution in [0.4, 0.5) is 0 Å². The number of rotatable bonds is 8. The van der Waals surface area contributed by atoms with Crippen LogP contribution < -0.4 is 10.6 Å². The van der Waals surface area contributed by atoms with E-state index in [1.807, 2.05) is 13.0 Å². The molecule has 1 aromatic carbocycles. The molecular weight excluding hydrogens is 469 g/mol. The van der Waals surface area contributed by atoms with Crippen LogP contribution in [0, 0.1) is 0 Å². The zero-order chi connectivity index (χ0) is 17.3. The zero-order valence-electron chi connectivity index (χ0n) is 14.1. The van der Waals surface area contributed by atoms with Gasteiger partial charge in [0.2, 0.25) is 0 Å². The fraction of sp³-hybridized carbons (Fsp3) is 0.353. The molecule has 0 spiro atoms. The molecule has 0 atom stereocenters. The van der Waals surface area contributed by atoms with E-state index in [9.17, 15) is 8.42 Å². The third-order valence-electron chi connectivity index (χ3n) is 3.32. The molecule has 1 heterocycles. The summed E-state index contributed by atoms with van der Waals surface area (Å²) in [7, 11) is -3.29. The maximum atomic E-state index is 12.2. The van der Waals surface area contributed by atoms with Crippen molar-refractivity contribution in [2.24, 2.45) is 4.99 Å². The average Bonchev–Trinajstić information content (AvgIpc) is 3.09. The molecule has 0 saturated carbocycles. The first-order valence-electron chi connectivity index (χ1n) is 7.94. The molecule has 138 valence electrons. The maximum absolute atomic E-state index is 12.2. The molecule has 0 bridgehead atoms. The molecule has 0 saturated heterocycles. The Morgan fingerprint density at radius 3 is 2.52 bits per heavy atom. The van der Waals surface area contributed by atoms with Crippen LogP contribution in [0.3, 0.4) is 0 Å². The SMILES string of the molecule is CCNC(=NCCS(=O)(=O)c1ccccc1)NCCc1cccs1.I. The molecule has 2 N–H and O–H groups in total. The standard InChI is InChI=1S/C17H23N3O2S2.HI/c1-2-18-17(19-11-10-15-7-6-13-23-15)20-12-14-24(21,22)16-8-4-3-5-9-16;/h3-9,13H,2,10-12,14H2,1H3,(H2,18,19,20);1H. The van der Waals surface area contributed by atoms with E-state index in [0.29, 0.717) is 10.9 Å². The Hall–Kier alpha value is -1.13. The van der Waals surface area contributed by atoms with E-state index in [4.69, 9.17) is 0 Å². The van der Waals surface area contributed by atoms with Crippen molar-refractivity contribution in [3.05, 3.63) is 52.7 Å². The Morgan fingerprint density at radius 2 is 1.88 bits per heavy atom. The molecule has 25 heavy (non-hydrogen) atoms. The van der Waals surface area contributed by atoms with E-state index in [2.05, 4.69) is 27.1 Å². The fourth-order valence-electron chi connectivity index (χ4n) is 2.12. The second-order valence-corrected chi connectivity index (χ2v) is 8.29. The molecule has 0 aliphatic carbocycles. The van der Waals surface area contributed by atoms with E-state index in [0.717, 1.165) is 19.5 Å². The van der Waals surface area contributed by atoms with E-state index < -0.39 is 9.84 Å². The van der Waals surface area contributed by atoms with Gasteiger partial charge in [-0.05, 0) is 36.9 Å². The van der Waals surface area contributed by atoms with Gasteiger partial charge in [0.1, 0.15) is 0 Å². The number of thiophene rings is 1. The van der Waals surface area contributed by atoms with Gasteiger partial charge in [0.15, 0.2) is 15.8 Å². The molecule has 2 aromatic rings. The van der Waals surface area contributed by atoms with Gasteiger partial charge in [0.25, 0.3) is 0 Å². The van der Waals surface area contributed by atoms with Crippen LogP contribution in [0.1, 0.15) is 11.8 Å². The number of hydrogen-bond acceptors (Lipinski definition) is 4. The molecule has 1 aromatic heterocycles. The highest BCUT2D eigenvalue weighted by molar-refractivity contribution is 14.0. The Morgan fingerprint density at radius 1 is 1.12 bits per heavy atom. The monoisotopic (exact) mass is 493 g/mol. The Balaban J connectivity index is 0.00000312. The van der Waals surface area contributed by atoms with Gasteiger partial charge in [-0.25, -0.2) is 8.42 Å². The molecule has 0 radical (unpaired) electrons. The van der Waals surface area contributed by atoms with Crippen molar-refractivity contribution < 1.29 is 8.42 Å². The van der Waals surface area contributed by atoms with Crippen molar-refractivity contribution in [3.63, 3.8) is 0 Å². The first-order valence-corrected chi connectivity index (χ1v) is 10.5. The molecule has 0 unspecified atom stereocenters. The molecule has 0 fully saturated rings. The largest absolute Gasteiger partial charge is 0.357 e. The normalized spacial score (nSPS) is 11.6. The highest BCUT2D eigenvalue weighted by Crippen LogP contribution is 2.10. The molecule has 0 aliphatic heterocycles. The second-order valence-electron chi connectivity index (χ2n) is 5.15. The van der Waals surface area contributed by atoms with E-state index in [1.165, 1.54) is 4.88 Å². The third-order valence-corrected chi connectivity index (χ3v) is 5.97. The van der Waals surface area contributed by atoms with Gasteiger partial charge >= 0.3 is 0 Å². The summed E-state index contributed by atoms with van der Waals surface area (Å²) in [6, 6.07) is 12.6. The first kappa shape index (κ1) is 21.9. The van der Waals surface area contributed by atoms with Crippen molar-refractivity contribution in [3.8, 4) is 0 Å². The highest BCUT2D eigenvalue weighted by Gasteiger charge is 2.13. The second kappa shape index (κ2) is 11.5. The Bertz CT molecular complexity index is 733. The van der Waals surface area contributed by atoms with E-state index >= 15 is 0 Å². The lowest BCUT2D eigenvalue weighted by molar-refractivity contribution is 0.596. The lowest BCUT2D eigenvalue weighted by Crippen LogP contribution is -2.38. The van der Waals surface area contributed by atoms with Gasteiger partial charge in [-0.2, -0.15) is 0 Å². The molecule has 0 aliphatic rings. The molecular formula is C17H24IN3O2S2. The van der Waals surface area contributed by atoms with Gasteiger partial charge in [-0.15, -0.1) is 35.3 Å². The molecule has 0 amide bonds. The van der Waals surface area contributed by atoms with Gasteiger partial charge in [-0.1, -0.05) is 24.3 Å². The summed E-state index contributed by atoms with van der Waals surface area (Å²) < 4.78 is 24.5. The summed E-state index contributed by atoms with van der Waals surface area (Å²) in [6.07, 6.45) is 0.921. The van der Waals surface area contributed by atoms with E-state index in [-0.39, 0.29) is 36.3 Å². The summed E-state index contributed by atoms with van der Waals surface area (Å²) in [5.41, 5.74) is 0. The number of guanidine groups is 1. The summed E-state index contributed by atoms with van der Waals surface area (Å²) in [6.45, 7) is 3.71. The third kappa shape index (κ3) is 7.74. The number of sulfone groups is 1. The number of halogens is 1. The van der Waals surface area contributed by atoms with Crippen LogP contribution in [0.15, 0.2) is 57.7 Å². The Kier molecular flexibility index (Phi) is 10.1. The van der Waals surface area contributed by atoms with E-state index in [1.54, 1.807) is 41.7 Å². The average molecular weight is 493 g/mol. The van der Waals surface area contributed by atoms with Gasteiger partial charge < -0.3 is 10.6 Å². The van der Waals surface area contributed by atoms with Crippen molar-refractivity contribution in [1.82, 2.24) is 10.6 Å². The number of aliphatic imine (C=N–C) groups is 1. The van der Waals surface area contributed by atoms with Crippen molar-refractivity contribution in [2.75, 3.05) is 25.4 Å². The first-order chi connectivity index (χ1) is 11.6. The van der Waals surface area contributed by atoms with Gasteiger partial charge in [0, 0.05) is 18.0 Å². The van der Waals surface area contributed by atoms with Crippen LogP contribution in [0.5, 0.6) is 0 Å². The number of hydrogen-bond donors (Lipinski definition) is 2. The highest BCUT2D eigenvalue weighted by atomic mass is 127. The van der Waals surface area contributed by atoms with Crippen LogP contribution in [0.25, 0.3) is 0 Å².